The van der Waals surface area contributed by atoms with Gasteiger partial charge in [-0.3, -0.25) is 11.3 Å². The molecule has 2 aromatic rings. The Hall–Kier alpha value is -1.07. The molecular weight excluding hydrogens is 295 g/mol. The smallest absolute Gasteiger partial charge is 0.145 e. The van der Waals surface area contributed by atoms with Crippen LogP contribution in [0, 0.1) is 5.82 Å². The van der Waals surface area contributed by atoms with Gasteiger partial charge in [0.1, 0.15) is 5.82 Å². The third kappa shape index (κ3) is 3.33. The molecule has 1 atom stereocenters. The Morgan fingerprint density at radius 1 is 1.25 bits per heavy atom. The molecule has 0 aromatic heterocycles. The van der Waals surface area contributed by atoms with Crippen LogP contribution >= 0.6 is 23.4 Å². The zero-order valence-corrected chi connectivity index (χ0v) is 12.6. The minimum Gasteiger partial charge on any atom is -0.271 e. The SMILES string of the molecule is CSc1ccccc1C(Cc1cccc(Cl)c1F)NN. The van der Waals surface area contributed by atoms with Crippen LogP contribution in [0.3, 0.4) is 0 Å². The van der Waals surface area contributed by atoms with Crippen molar-refractivity contribution in [3.05, 3.63) is 64.4 Å². The Morgan fingerprint density at radius 2 is 2.00 bits per heavy atom. The quantitative estimate of drug-likeness (QED) is 0.499. The van der Waals surface area contributed by atoms with Crippen LogP contribution in [0.15, 0.2) is 47.4 Å². The number of thioether (sulfide) groups is 1. The largest absolute Gasteiger partial charge is 0.271 e. The van der Waals surface area contributed by atoms with Gasteiger partial charge in [-0.05, 0) is 35.9 Å². The molecule has 0 bridgehead atoms. The van der Waals surface area contributed by atoms with E-state index in [-0.39, 0.29) is 16.9 Å². The van der Waals surface area contributed by atoms with Gasteiger partial charge >= 0.3 is 0 Å². The fourth-order valence-electron chi connectivity index (χ4n) is 2.14. The summed E-state index contributed by atoms with van der Waals surface area (Å²) in [6, 6.07) is 12.8. The lowest BCUT2D eigenvalue weighted by atomic mass is 9.99. The van der Waals surface area contributed by atoms with Crippen LogP contribution in [0.5, 0.6) is 0 Å². The van der Waals surface area contributed by atoms with Crippen molar-refractivity contribution in [1.82, 2.24) is 5.43 Å². The summed E-state index contributed by atoms with van der Waals surface area (Å²) in [7, 11) is 0. The van der Waals surface area contributed by atoms with Crippen molar-refractivity contribution in [3.63, 3.8) is 0 Å². The Kier molecular flexibility index (Phi) is 5.43. The van der Waals surface area contributed by atoms with Crippen LogP contribution in [-0.4, -0.2) is 6.26 Å². The number of nitrogens with two attached hydrogens (primary N) is 1. The van der Waals surface area contributed by atoms with Crippen molar-refractivity contribution in [2.45, 2.75) is 17.4 Å². The zero-order valence-electron chi connectivity index (χ0n) is 11.1. The molecule has 0 radical (unpaired) electrons. The average molecular weight is 311 g/mol. The van der Waals surface area contributed by atoms with E-state index in [1.54, 1.807) is 30.0 Å². The predicted molar refractivity (Wildman–Crippen MR) is 83.4 cm³/mol. The number of hydrazine groups is 1. The molecular formula is C15H16ClFN2S. The number of benzene rings is 2. The molecule has 0 spiro atoms. The first-order valence-electron chi connectivity index (χ1n) is 6.19. The minimum atomic E-state index is -0.379. The predicted octanol–water partition coefficient (Wildman–Crippen LogP) is 3.95. The molecule has 3 N–H and O–H groups in total. The van der Waals surface area contributed by atoms with E-state index < -0.39 is 0 Å². The van der Waals surface area contributed by atoms with Gasteiger partial charge in [0.2, 0.25) is 0 Å². The summed E-state index contributed by atoms with van der Waals surface area (Å²) in [6.45, 7) is 0. The first kappa shape index (κ1) is 15.3. The molecule has 0 aliphatic heterocycles. The second-order valence-corrected chi connectivity index (χ2v) is 5.63. The van der Waals surface area contributed by atoms with E-state index in [1.807, 2.05) is 30.5 Å². The lowest BCUT2D eigenvalue weighted by Crippen LogP contribution is -2.30. The van der Waals surface area contributed by atoms with Crippen LogP contribution < -0.4 is 11.3 Å². The van der Waals surface area contributed by atoms with Crippen molar-refractivity contribution < 1.29 is 4.39 Å². The first-order valence-corrected chi connectivity index (χ1v) is 7.79. The van der Waals surface area contributed by atoms with E-state index >= 15 is 0 Å². The highest BCUT2D eigenvalue weighted by atomic mass is 35.5. The van der Waals surface area contributed by atoms with Gasteiger partial charge in [0.15, 0.2) is 0 Å². The summed E-state index contributed by atoms with van der Waals surface area (Å²) in [4.78, 5) is 1.12. The van der Waals surface area contributed by atoms with Gasteiger partial charge < -0.3 is 0 Å². The lowest BCUT2D eigenvalue weighted by molar-refractivity contribution is 0.523. The second-order valence-electron chi connectivity index (χ2n) is 4.38. The molecule has 0 saturated heterocycles. The maximum atomic E-state index is 14.0. The van der Waals surface area contributed by atoms with E-state index in [9.17, 15) is 4.39 Å². The van der Waals surface area contributed by atoms with Gasteiger partial charge in [-0.2, -0.15) is 0 Å². The van der Waals surface area contributed by atoms with E-state index in [2.05, 4.69) is 5.43 Å². The van der Waals surface area contributed by atoms with Crippen molar-refractivity contribution in [3.8, 4) is 0 Å². The third-order valence-electron chi connectivity index (χ3n) is 3.17. The average Bonchev–Trinajstić information content (AvgIpc) is 2.49. The van der Waals surface area contributed by atoms with Crippen LogP contribution in [-0.2, 0) is 6.42 Å². The van der Waals surface area contributed by atoms with Gasteiger partial charge in [0, 0.05) is 4.90 Å². The Bertz CT molecular complexity index is 592. The minimum absolute atomic E-state index is 0.136. The van der Waals surface area contributed by atoms with Crippen LogP contribution in [0.2, 0.25) is 5.02 Å². The molecule has 0 aliphatic carbocycles. The fourth-order valence-corrected chi connectivity index (χ4v) is 2.99. The van der Waals surface area contributed by atoms with E-state index in [1.165, 1.54) is 0 Å². The molecule has 2 nitrogen and oxygen atoms in total. The van der Waals surface area contributed by atoms with Gasteiger partial charge in [-0.1, -0.05) is 41.9 Å². The molecule has 2 rings (SSSR count). The summed E-state index contributed by atoms with van der Waals surface area (Å²) in [6.07, 6.45) is 2.45. The zero-order chi connectivity index (χ0) is 14.5. The standard InChI is InChI=1S/C15H16ClFN2S/c1-20-14-8-3-2-6-11(14)13(19-18)9-10-5-4-7-12(16)15(10)17/h2-8,13,19H,9,18H2,1H3. The first-order chi connectivity index (χ1) is 9.67. The molecule has 106 valence electrons. The highest BCUT2D eigenvalue weighted by Crippen LogP contribution is 2.29. The topological polar surface area (TPSA) is 38.0 Å². The van der Waals surface area contributed by atoms with Gasteiger partial charge in [0.05, 0.1) is 11.1 Å². The maximum Gasteiger partial charge on any atom is 0.145 e. The molecule has 0 fully saturated rings. The van der Waals surface area contributed by atoms with E-state index in [0.29, 0.717) is 12.0 Å². The summed E-state index contributed by atoms with van der Waals surface area (Å²) < 4.78 is 14.0. The van der Waals surface area contributed by atoms with Crippen molar-refractivity contribution in [1.29, 1.82) is 0 Å². The van der Waals surface area contributed by atoms with Crippen LogP contribution in [0.4, 0.5) is 4.39 Å². The highest BCUT2D eigenvalue weighted by molar-refractivity contribution is 7.98. The number of hydrogen-bond donors (Lipinski definition) is 2. The Morgan fingerprint density at radius 3 is 2.70 bits per heavy atom. The van der Waals surface area contributed by atoms with Gasteiger partial charge in [-0.15, -0.1) is 11.8 Å². The summed E-state index contributed by atoms with van der Waals surface area (Å²) in [5.41, 5.74) is 4.37. The van der Waals surface area contributed by atoms with Crippen molar-refractivity contribution >= 4 is 23.4 Å². The molecule has 0 amide bonds. The van der Waals surface area contributed by atoms with Crippen LogP contribution in [0.25, 0.3) is 0 Å². The molecule has 0 heterocycles. The van der Waals surface area contributed by atoms with Gasteiger partial charge in [0.25, 0.3) is 0 Å². The summed E-state index contributed by atoms with van der Waals surface area (Å²) in [5, 5.41) is 0.136. The Labute approximate surface area is 127 Å². The molecule has 1 unspecified atom stereocenters. The summed E-state index contributed by atoms with van der Waals surface area (Å²) in [5.74, 6) is 5.27. The van der Waals surface area contributed by atoms with E-state index in [0.717, 1.165) is 10.5 Å². The number of hydrogen-bond acceptors (Lipinski definition) is 3. The van der Waals surface area contributed by atoms with Gasteiger partial charge in [-0.25, -0.2) is 4.39 Å². The Balaban J connectivity index is 2.31. The molecule has 0 saturated carbocycles. The number of nitrogens with one attached hydrogen (secondary N) is 1. The second kappa shape index (κ2) is 7.09. The fraction of sp³-hybridized carbons (Fsp3) is 0.200. The van der Waals surface area contributed by atoms with Crippen molar-refractivity contribution in [2.24, 2.45) is 5.84 Å². The molecule has 5 heteroatoms. The molecule has 2 aromatic carbocycles. The number of halogens is 2. The monoisotopic (exact) mass is 310 g/mol. The molecule has 0 aliphatic rings. The maximum absolute atomic E-state index is 14.0. The van der Waals surface area contributed by atoms with Crippen molar-refractivity contribution in [2.75, 3.05) is 6.26 Å². The van der Waals surface area contributed by atoms with E-state index in [4.69, 9.17) is 17.4 Å². The normalized spacial score (nSPS) is 12.4. The summed E-state index contributed by atoms with van der Waals surface area (Å²) >= 11 is 7.46. The molecule has 20 heavy (non-hydrogen) atoms. The number of rotatable bonds is 5. The third-order valence-corrected chi connectivity index (χ3v) is 4.27. The highest BCUT2D eigenvalue weighted by Gasteiger charge is 2.17. The lowest BCUT2D eigenvalue weighted by Gasteiger charge is -2.19. The van der Waals surface area contributed by atoms with Crippen LogP contribution in [0.1, 0.15) is 17.2 Å².